The second kappa shape index (κ2) is 7.84. The summed E-state index contributed by atoms with van der Waals surface area (Å²) in [6.07, 6.45) is 0. The average molecular weight is 371 g/mol. The number of anilines is 1. The summed E-state index contributed by atoms with van der Waals surface area (Å²) in [5.74, 6) is -0.363. The van der Waals surface area contributed by atoms with Crippen molar-refractivity contribution in [1.82, 2.24) is 5.16 Å². The molecule has 0 spiro atoms. The van der Waals surface area contributed by atoms with Crippen molar-refractivity contribution in [3.05, 3.63) is 70.9 Å². The minimum absolute atomic E-state index is 0.111. The SMILES string of the molecule is CCOC(=O)c1cc(-c2ccc(NC(=O)c3cccc(Cl)c3)cc2)on1. The largest absolute Gasteiger partial charge is 0.461 e. The Labute approximate surface area is 154 Å². The van der Waals surface area contributed by atoms with Gasteiger partial charge in [0.25, 0.3) is 5.91 Å². The van der Waals surface area contributed by atoms with Gasteiger partial charge in [-0.05, 0) is 49.4 Å². The second-order valence-corrected chi connectivity index (χ2v) is 5.78. The molecule has 0 atom stereocenters. The van der Waals surface area contributed by atoms with Crippen LogP contribution in [-0.2, 0) is 4.74 Å². The highest BCUT2D eigenvalue weighted by molar-refractivity contribution is 6.31. The number of nitrogens with zero attached hydrogens (tertiary/aromatic N) is 1. The van der Waals surface area contributed by atoms with Crippen molar-refractivity contribution < 1.29 is 18.8 Å². The van der Waals surface area contributed by atoms with Gasteiger partial charge in [-0.15, -0.1) is 0 Å². The number of nitrogens with one attached hydrogen (secondary N) is 1. The number of hydrogen-bond donors (Lipinski definition) is 1. The summed E-state index contributed by atoms with van der Waals surface area (Å²) in [5.41, 5.74) is 1.91. The zero-order valence-corrected chi connectivity index (χ0v) is 14.6. The van der Waals surface area contributed by atoms with Crippen molar-refractivity contribution in [2.45, 2.75) is 6.92 Å². The first-order valence-electron chi connectivity index (χ1n) is 7.88. The van der Waals surface area contributed by atoms with E-state index in [1.807, 2.05) is 0 Å². The molecule has 1 heterocycles. The van der Waals surface area contributed by atoms with Crippen LogP contribution in [0.1, 0.15) is 27.8 Å². The van der Waals surface area contributed by atoms with E-state index in [9.17, 15) is 9.59 Å². The Bertz CT molecular complexity index is 935. The number of aromatic nitrogens is 1. The fourth-order valence-electron chi connectivity index (χ4n) is 2.26. The van der Waals surface area contributed by atoms with Gasteiger partial charge in [0.1, 0.15) is 0 Å². The minimum atomic E-state index is -0.534. The Balaban J connectivity index is 1.70. The number of rotatable bonds is 5. The van der Waals surface area contributed by atoms with E-state index in [0.717, 1.165) is 0 Å². The van der Waals surface area contributed by atoms with Crippen LogP contribution in [0.2, 0.25) is 5.02 Å². The standard InChI is InChI=1S/C19H15ClN2O4/c1-2-25-19(24)16-11-17(26-22-16)12-6-8-15(9-7-12)21-18(23)13-4-3-5-14(20)10-13/h3-11H,2H2,1H3,(H,21,23). The van der Waals surface area contributed by atoms with Crippen molar-refractivity contribution in [2.75, 3.05) is 11.9 Å². The Morgan fingerprint density at radius 3 is 2.62 bits per heavy atom. The minimum Gasteiger partial charge on any atom is -0.461 e. The van der Waals surface area contributed by atoms with Crippen molar-refractivity contribution in [1.29, 1.82) is 0 Å². The first kappa shape index (κ1) is 17.7. The van der Waals surface area contributed by atoms with E-state index in [1.54, 1.807) is 55.5 Å². The third kappa shape index (κ3) is 4.10. The Morgan fingerprint density at radius 1 is 1.15 bits per heavy atom. The molecular weight excluding hydrogens is 356 g/mol. The van der Waals surface area contributed by atoms with Gasteiger partial charge in [-0.3, -0.25) is 4.79 Å². The zero-order valence-electron chi connectivity index (χ0n) is 13.9. The molecule has 0 saturated heterocycles. The van der Waals surface area contributed by atoms with Gasteiger partial charge in [0.2, 0.25) is 0 Å². The molecule has 3 aromatic rings. The van der Waals surface area contributed by atoms with E-state index < -0.39 is 5.97 Å². The molecule has 1 aromatic heterocycles. The fraction of sp³-hybridized carbons (Fsp3) is 0.105. The van der Waals surface area contributed by atoms with Gasteiger partial charge < -0.3 is 14.6 Å². The molecule has 0 radical (unpaired) electrons. The zero-order chi connectivity index (χ0) is 18.5. The summed E-state index contributed by atoms with van der Waals surface area (Å²) < 4.78 is 10.0. The highest BCUT2D eigenvalue weighted by Gasteiger charge is 2.14. The van der Waals surface area contributed by atoms with E-state index in [2.05, 4.69) is 10.5 Å². The third-order valence-electron chi connectivity index (χ3n) is 3.51. The number of hydrogen-bond acceptors (Lipinski definition) is 5. The Hall–Kier alpha value is -3.12. The van der Waals surface area contributed by atoms with E-state index in [0.29, 0.717) is 27.6 Å². The number of ether oxygens (including phenoxy) is 1. The van der Waals surface area contributed by atoms with Crippen LogP contribution in [0.25, 0.3) is 11.3 Å². The molecule has 0 bridgehead atoms. The molecule has 0 aliphatic carbocycles. The molecule has 2 aromatic carbocycles. The molecule has 1 N–H and O–H groups in total. The highest BCUT2D eigenvalue weighted by atomic mass is 35.5. The lowest BCUT2D eigenvalue weighted by Gasteiger charge is -2.06. The Kier molecular flexibility index (Phi) is 5.34. The maximum absolute atomic E-state index is 12.2. The smallest absolute Gasteiger partial charge is 0.360 e. The first-order valence-corrected chi connectivity index (χ1v) is 8.26. The molecule has 132 valence electrons. The number of carbonyl (C=O) groups excluding carboxylic acids is 2. The predicted octanol–water partition coefficient (Wildman–Crippen LogP) is 4.42. The lowest BCUT2D eigenvalue weighted by molar-refractivity contribution is 0.0514. The molecule has 0 unspecified atom stereocenters. The second-order valence-electron chi connectivity index (χ2n) is 5.34. The number of benzene rings is 2. The van der Waals surface area contributed by atoms with Crippen LogP contribution in [0, 0.1) is 0 Å². The summed E-state index contributed by atoms with van der Waals surface area (Å²) in [7, 11) is 0. The fourth-order valence-corrected chi connectivity index (χ4v) is 2.45. The van der Waals surface area contributed by atoms with Crippen molar-refractivity contribution in [3.8, 4) is 11.3 Å². The van der Waals surface area contributed by atoms with E-state index in [1.165, 1.54) is 6.07 Å². The molecule has 0 saturated carbocycles. The lowest BCUT2D eigenvalue weighted by Crippen LogP contribution is -2.11. The van der Waals surface area contributed by atoms with Gasteiger partial charge in [-0.1, -0.05) is 22.8 Å². The van der Waals surface area contributed by atoms with Gasteiger partial charge in [0, 0.05) is 27.9 Å². The molecule has 0 aliphatic rings. The molecule has 26 heavy (non-hydrogen) atoms. The van der Waals surface area contributed by atoms with Gasteiger partial charge in [0.05, 0.1) is 6.61 Å². The van der Waals surface area contributed by atoms with Crippen LogP contribution >= 0.6 is 11.6 Å². The molecule has 7 heteroatoms. The topological polar surface area (TPSA) is 81.4 Å². The van der Waals surface area contributed by atoms with E-state index in [-0.39, 0.29) is 18.2 Å². The molecule has 6 nitrogen and oxygen atoms in total. The molecule has 0 aliphatic heterocycles. The van der Waals surface area contributed by atoms with Gasteiger partial charge in [-0.2, -0.15) is 0 Å². The molecule has 3 rings (SSSR count). The molecule has 0 fully saturated rings. The summed E-state index contributed by atoms with van der Waals surface area (Å²) in [6, 6.07) is 15.2. The number of amides is 1. The molecule has 1 amide bonds. The van der Waals surface area contributed by atoms with Gasteiger partial charge in [-0.25, -0.2) is 4.79 Å². The maximum Gasteiger partial charge on any atom is 0.360 e. The normalized spacial score (nSPS) is 10.4. The third-order valence-corrected chi connectivity index (χ3v) is 3.74. The number of carbonyl (C=O) groups is 2. The van der Waals surface area contributed by atoms with Crippen molar-refractivity contribution in [2.24, 2.45) is 0 Å². The van der Waals surface area contributed by atoms with Crippen LogP contribution in [-0.4, -0.2) is 23.6 Å². The van der Waals surface area contributed by atoms with Crippen LogP contribution in [0.3, 0.4) is 0 Å². The average Bonchev–Trinajstić information content (AvgIpc) is 3.13. The van der Waals surface area contributed by atoms with Crippen molar-refractivity contribution >= 4 is 29.2 Å². The van der Waals surface area contributed by atoms with Crippen LogP contribution in [0.4, 0.5) is 5.69 Å². The van der Waals surface area contributed by atoms with Crippen LogP contribution in [0.5, 0.6) is 0 Å². The van der Waals surface area contributed by atoms with Crippen molar-refractivity contribution in [3.63, 3.8) is 0 Å². The summed E-state index contributed by atoms with van der Waals surface area (Å²) >= 11 is 5.90. The van der Waals surface area contributed by atoms with Crippen LogP contribution < -0.4 is 5.32 Å². The summed E-state index contributed by atoms with van der Waals surface area (Å²) in [6.45, 7) is 1.98. The predicted molar refractivity (Wildman–Crippen MR) is 97.3 cm³/mol. The molecular formula is C19H15ClN2O4. The quantitative estimate of drug-likeness (QED) is 0.672. The number of esters is 1. The lowest BCUT2D eigenvalue weighted by atomic mass is 10.1. The summed E-state index contributed by atoms with van der Waals surface area (Å²) in [4.78, 5) is 23.8. The van der Waals surface area contributed by atoms with Crippen LogP contribution in [0.15, 0.2) is 59.1 Å². The monoisotopic (exact) mass is 370 g/mol. The number of halogens is 1. The van der Waals surface area contributed by atoms with Gasteiger partial charge >= 0.3 is 5.97 Å². The first-order chi connectivity index (χ1) is 12.6. The highest BCUT2D eigenvalue weighted by Crippen LogP contribution is 2.23. The van der Waals surface area contributed by atoms with Gasteiger partial charge in [0.15, 0.2) is 11.5 Å². The summed E-state index contributed by atoms with van der Waals surface area (Å²) in [5, 5.41) is 6.98. The van der Waals surface area contributed by atoms with E-state index >= 15 is 0 Å². The van der Waals surface area contributed by atoms with E-state index in [4.69, 9.17) is 20.9 Å². The Morgan fingerprint density at radius 2 is 1.92 bits per heavy atom. The maximum atomic E-state index is 12.2.